The Labute approximate surface area is 197 Å². The van der Waals surface area contributed by atoms with Crippen molar-refractivity contribution in [1.29, 1.82) is 0 Å². The van der Waals surface area contributed by atoms with Crippen LogP contribution in [-0.2, 0) is 17.1 Å². The van der Waals surface area contributed by atoms with Crippen LogP contribution in [0.3, 0.4) is 0 Å². The Kier molecular flexibility index (Phi) is 6.22. The largest absolute Gasteiger partial charge is 0.332 e. The van der Waals surface area contributed by atoms with Crippen LogP contribution in [0.25, 0.3) is 22.4 Å². The highest BCUT2D eigenvalue weighted by Gasteiger charge is 2.26. The van der Waals surface area contributed by atoms with E-state index in [1.807, 2.05) is 54.3 Å². The van der Waals surface area contributed by atoms with Crippen LogP contribution in [0.1, 0.15) is 35.3 Å². The van der Waals surface area contributed by atoms with Crippen molar-refractivity contribution in [2.75, 3.05) is 17.5 Å². The molecule has 0 fully saturated rings. The highest BCUT2D eigenvalue weighted by Crippen LogP contribution is 2.31. The average Bonchev–Trinajstić information content (AvgIpc) is 3.46. The van der Waals surface area contributed by atoms with Gasteiger partial charge < -0.3 is 9.47 Å². The summed E-state index contributed by atoms with van der Waals surface area (Å²) in [5.41, 5.74) is 2.74. The summed E-state index contributed by atoms with van der Waals surface area (Å²) < 4.78 is 28.9. The molecule has 0 radical (unpaired) electrons. The van der Waals surface area contributed by atoms with E-state index < -0.39 is 10.0 Å². The van der Waals surface area contributed by atoms with Crippen molar-refractivity contribution in [1.82, 2.24) is 19.4 Å². The fourth-order valence-electron chi connectivity index (χ4n) is 3.64. The third kappa shape index (κ3) is 4.49. The number of hydrogen-bond acceptors (Lipinski definition) is 6. The first-order chi connectivity index (χ1) is 15.7. The number of nitrogens with one attached hydrogen (secondary N) is 1. The zero-order valence-corrected chi connectivity index (χ0v) is 20.4. The van der Waals surface area contributed by atoms with Gasteiger partial charge in [0.05, 0.1) is 34.1 Å². The van der Waals surface area contributed by atoms with Gasteiger partial charge in [0.15, 0.2) is 0 Å². The Hall–Kier alpha value is -3.24. The lowest BCUT2D eigenvalue weighted by Gasteiger charge is -2.24. The summed E-state index contributed by atoms with van der Waals surface area (Å²) in [5, 5.41) is 2.69. The van der Waals surface area contributed by atoms with Crippen LogP contribution in [0.2, 0.25) is 0 Å². The number of benzene rings is 2. The molecule has 33 heavy (non-hydrogen) atoms. The molecule has 1 amide bonds. The number of hydrogen-bond donors (Lipinski definition) is 1. The van der Waals surface area contributed by atoms with Gasteiger partial charge in [-0.2, -0.15) is 0 Å². The Morgan fingerprint density at radius 2 is 1.97 bits per heavy atom. The lowest BCUT2D eigenvalue weighted by molar-refractivity contribution is 0.0744. The number of rotatable bonds is 7. The highest BCUT2D eigenvalue weighted by molar-refractivity contribution is 7.92. The molecule has 0 spiro atoms. The molecule has 172 valence electrons. The first kappa shape index (κ1) is 22.9. The zero-order chi connectivity index (χ0) is 23.8. The molecular formula is C23H25N5O3S2. The number of aryl methyl sites for hydroxylation is 1. The van der Waals surface area contributed by atoms with E-state index in [0.29, 0.717) is 28.1 Å². The number of aromatic nitrogens is 3. The van der Waals surface area contributed by atoms with Crippen molar-refractivity contribution in [3.05, 3.63) is 64.6 Å². The van der Waals surface area contributed by atoms with E-state index in [1.54, 1.807) is 37.2 Å². The maximum atomic E-state index is 13.7. The second-order valence-corrected chi connectivity index (χ2v) is 10.7. The van der Waals surface area contributed by atoms with Gasteiger partial charge >= 0.3 is 0 Å². The Balaban J connectivity index is 1.88. The van der Waals surface area contributed by atoms with E-state index in [0.717, 1.165) is 10.6 Å². The molecule has 0 saturated heterocycles. The Morgan fingerprint density at radius 1 is 1.24 bits per heavy atom. The minimum atomic E-state index is -3.53. The van der Waals surface area contributed by atoms with Gasteiger partial charge in [0.2, 0.25) is 10.0 Å². The van der Waals surface area contributed by atoms with Gasteiger partial charge in [0.1, 0.15) is 10.8 Å². The minimum Gasteiger partial charge on any atom is -0.332 e. The van der Waals surface area contributed by atoms with Crippen LogP contribution in [0, 0.1) is 0 Å². The molecule has 10 heteroatoms. The molecule has 0 aliphatic carbocycles. The number of imidazole rings is 1. The molecule has 2 aromatic carbocycles. The molecule has 4 aromatic rings. The number of fused-ring (bicyclic) bond motifs is 1. The van der Waals surface area contributed by atoms with Crippen molar-refractivity contribution >= 4 is 44.0 Å². The molecule has 2 heterocycles. The summed E-state index contributed by atoms with van der Waals surface area (Å²) in [6, 6.07) is 12.7. The van der Waals surface area contributed by atoms with Crippen molar-refractivity contribution in [3.8, 4) is 11.4 Å². The lowest BCUT2D eigenvalue weighted by Crippen LogP contribution is -2.30. The maximum Gasteiger partial charge on any atom is 0.256 e. The quantitative estimate of drug-likeness (QED) is 0.423. The summed E-state index contributed by atoms with van der Waals surface area (Å²) in [7, 11) is 0.0466. The van der Waals surface area contributed by atoms with Crippen molar-refractivity contribution in [3.63, 3.8) is 0 Å². The zero-order valence-electron chi connectivity index (χ0n) is 18.8. The number of thiazole rings is 1. The fourth-order valence-corrected chi connectivity index (χ4v) is 5.00. The molecule has 1 N–H and O–H groups in total. The Bertz CT molecular complexity index is 1400. The Morgan fingerprint density at radius 3 is 2.61 bits per heavy atom. The van der Waals surface area contributed by atoms with Crippen LogP contribution in [-0.4, -0.2) is 46.6 Å². The van der Waals surface area contributed by atoms with Gasteiger partial charge in [-0.1, -0.05) is 30.3 Å². The van der Waals surface area contributed by atoms with E-state index in [9.17, 15) is 13.2 Å². The molecule has 0 aliphatic heterocycles. The predicted molar refractivity (Wildman–Crippen MR) is 132 cm³/mol. The maximum absolute atomic E-state index is 13.7. The molecule has 1 atom stereocenters. The first-order valence-corrected chi connectivity index (χ1v) is 13.0. The van der Waals surface area contributed by atoms with Gasteiger partial charge in [-0.3, -0.25) is 9.52 Å². The second-order valence-electron chi connectivity index (χ2n) is 7.72. The average molecular weight is 484 g/mol. The molecule has 0 saturated carbocycles. The van der Waals surface area contributed by atoms with E-state index in [4.69, 9.17) is 4.98 Å². The molecule has 4 rings (SSSR count). The van der Waals surface area contributed by atoms with Gasteiger partial charge in [-0.05, 0) is 26.0 Å². The third-order valence-electron chi connectivity index (χ3n) is 5.60. The van der Waals surface area contributed by atoms with Gasteiger partial charge in [-0.25, -0.2) is 18.4 Å². The van der Waals surface area contributed by atoms with Crippen LogP contribution >= 0.6 is 11.3 Å². The SMILES string of the molecule is CCS(=O)(=O)Nc1cc(C(=O)N(C)[C@@H](C)c2nccs2)c2c(c1)nc(-c1ccccc1)n2C. The number of amides is 1. The van der Waals surface area contributed by atoms with Crippen molar-refractivity contribution in [2.24, 2.45) is 7.05 Å². The normalized spacial score (nSPS) is 12.6. The van der Waals surface area contributed by atoms with Crippen LogP contribution in [0.4, 0.5) is 5.69 Å². The fraction of sp³-hybridized carbons (Fsp3) is 0.261. The van der Waals surface area contributed by atoms with E-state index >= 15 is 0 Å². The molecule has 0 bridgehead atoms. The summed E-state index contributed by atoms with van der Waals surface area (Å²) in [5.74, 6) is 0.362. The van der Waals surface area contributed by atoms with Gasteiger partial charge in [-0.15, -0.1) is 11.3 Å². The summed E-state index contributed by atoms with van der Waals surface area (Å²) in [4.78, 5) is 24.3. The first-order valence-electron chi connectivity index (χ1n) is 10.4. The summed E-state index contributed by atoms with van der Waals surface area (Å²) in [6.45, 7) is 3.47. The highest BCUT2D eigenvalue weighted by atomic mass is 32.2. The number of carbonyl (C=O) groups is 1. The number of carbonyl (C=O) groups excluding carboxylic acids is 1. The smallest absolute Gasteiger partial charge is 0.256 e. The molecule has 8 nitrogen and oxygen atoms in total. The molecular weight excluding hydrogens is 458 g/mol. The van der Waals surface area contributed by atoms with E-state index in [2.05, 4.69) is 9.71 Å². The van der Waals surface area contributed by atoms with Crippen LogP contribution in [0.15, 0.2) is 54.0 Å². The number of anilines is 1. The minimum absolute atomic E-state index is 0.0766. The molecule has 0 unspecified atom stereocenters. The summed E-state index contributed by atoms with van der Waals surface area (Å²) >= 11 is 1.48. The molecule has 0 aliphatic rings. The van der Waals surface area contributed by atoms with E-state index in [1.165, 1.54) is 11.3 Å². The molecule has 2 aromatic heterocycles. The third-order valence-corrected chi connectivity index (χ3v) is 7.85. The van der Waals surface area contributed by atoms with Crippen molar-refractivity contribution < 1.29 is 13.2 Å². The van der Waals surface area contributed by atoms with Crippen LogP contribution in [0.5, 0.6) is 0 Å². The van der Waals surface area contributed by atoms with E-state index in [-0.39, 0.29) is 17.7 Å². The second kappa shape index (κ2) is 8.95. The van der Waals surface area contributed by atoms with Gasteiger partial charge in [0.25, 0.3) is 5.91 Å². The standard InChI is InChI=1S/C23H25N5O3S2/c1-5-33(30,31)26-17-13-18(23(29)27(3)15(2)22-24-11-12-32-22)20-19(14-17)25-21(28(20)4)16-9-7-6-8-10-16/h6-15,26H,5H2,1-4H3/t15-/m0/s1. The predicted octanol–water partition coefficient (Wildman–Crippen LogP) is 4.29. The van der Waals surface area contributed by atoms with Crippen molar-refractivity contribution in [2.45, 2.75) is 19.9 Å². The number of nitrogens with zero attached hydrogens (tertiary/aromatic N) is 4. The van der Waals surface area contributed by atoms with Gasteiger partial charge in [0, 0.05) is 31.2 Å². The lowest BCUT2D eigenvalue weighted by atomic mass is 10.1. The topological polar surface area (TPSA) is 97.2 Å². The monoisotopic (exact) mass is 483 g/mol. The summed E-state index contributed by atoms with van der Waals surface area (Å²) in [6.07, 6.45) is 1.71. The van der Waals surface area contributed by atoms with Crippen LogP contribution < -0.4 is 4.72 Å². The number of sulfonamides is 1.